The largest absolute Gasteiger partial charge is 0.497 e. The van der Waals surface area contributed by atoms with Crippen molar-refractivity contribution in [1.29, 1.82) is 0 Å². The maximum atomic E-state index is 13.0. The third kappa shape index (κ3) is 7.56. The Kier molecular flexibility index (Phi) is 9.82. The highest BCUT2D eigenvalue weighted by atomic mass is 35.5. The standard InChI is InChI=1S/C27H28Cl2N8O4/c1-4-5-6-16-13-22(37(36-16)17-7-9-18(40-3)10-8-17)35-27(39)33-19-11-12-20(25(29)24(19)28)41-23-14-21(31-15-32-23)34-26(38)30-2/h7-15H,4-6H2,1-3H3,(H2,33,35,39)(H2,30,31,32,34,38). The Morgan fingerprint density at radius 1 is 0.951 bits per heavy atom. The number of aromatic nitrogens is 4. The number of hydrogen-bond acceptors (Lipinski definition) is 7. The van der Waals surface area contributed by atoms with Crippen LogP contribution < -0.4 is 30.7 Å². The number of halogens is 2. The number of rotatable bonds is 10. The number of carbonyl (C=O) groups excluding carboxylic acids is 2. The minimum Gasteiger partial charge on any atom is -0.497 e. The van der Waals surface area contributed by atoms with E-state index in [9.17, 15) is 9.59 Å². The van der Waals surface area contributed by atoms with Crippen LogP contribution in [0.1, 0.15) is 25.5 Å². The van der Waals surface area contributed by atoms with E-state index in [0.717, 1.165) is 30.6 Å². The highest BCUT2D eigenvalue weighted by molar-refractivity contribution is 6.45. The van der Waals surface area contributed by atoms with Gasteiger partial charge < -0.3 is 20.1 Å². The summed E-state index contributed by atoms with van der Waals surface area (Å²) in [4.78, 5) is 32.5. The Morgan fingerprint density at radius 3 is 2.44 bits per heavy atom. The number of aryl methyl sites for hydroxylation is 1. The van der Waals surface area contributed by atoms with E-state index in [1.165, 1.54) is 25.5 Å². The summed E-state index contributed by atoms with van der Waals surface area (Å²) in [7, 11) is 3.07. The summed E-state index contributed by atoms with van der Waals surface area (Å²) in [5.41, 5.74) is 1.86. The second kappa shape index (κ2) is 13.7. The molecule has 4 amide bonds. The number of carbonyl (C=O) groups is 2. The second-order valence-electron chi connectivity index (χ2n) is 8.60. The average Bonchev–Trinajstić information content (AvgIpc) is 3.38. The zero-order chi connectivity index (χ0) is 29.4. The summed E-state index contributed by atoms with van der Waals surface area (Å²) < 4.78 is 12.6. The molecule has 0 radical (unpaired) electrons. The average molecular weight is 599 g/mol. The molecule has 4 rings (SSSR count). The first kappa shape index (κ1) is 29.4. The molecule has 0 saturated heterocycles. The van der Waals surface area contributed by atoms with Gasteiger partial charge in [0, 0.05) is 19.2 Å². The molecule has 0 aliphatic carbocycles. The van der Waals surface area contributed by atoms with E-state index in [4.69, 9.17) is 32.7 Å². The molecule has 0 fully saturated rings. The predicted molar refractivity (Wildman–Crippen MR) is 158 cm³/mol. The first-order valence-corrected chi connectivity index (χ1v) is 13.3. The first-order valence-electron chi connectivity index (χ1n) is 12.6. The molecule has 0 unspecified atom stereocenters. The van der Waals surface area contributed by atoms with Crippen LogP contribution in [-0.2, 0) is 6.42 Å². The summed E-state index contributed by atoms with van der Waals surface area (Å²) in [6.07, 6.45) is 3.98. The van der Waals surface area contributed by atoms with Crippen LogP contribution in [0.5, 0.6) is 17.4 Å². The number of urea groups is 2. The first-order chi connectivity index (χ1) is 19.8. The molecule has 0 aliphatic rings. The molecule has 12 nitrogen and oxygen atoms in total. The quantitative estimate of drug-likeness (QED) is 0.163. The van der Waals surface area contributed by atoms with E-state index in [2.05, 4.69) is 43.3 Å². The third-order valence-electron chi connectivity index (χ3n) is 5.73. The highest BCUT2D eigenvalue weighted by Gasteiger charge is 2.17. The summed E-state index contributed by atoms with van der Waals surface area (Å²) in [5.74, 6) is 1.71. The molecule has 0 spiro atoms. The monoisotopic (exact) mass is 598 g/mol. The van der Waals surface area contributed by atoms with Gasteiger partial charge in [-0.2, -0.15) is 5.10 Å². The Labute approximate surface area is 246 Å². The van der Waals surface area contributed by atoms with Crippen LogP contribution in [0.15, 0.2) is 54.9 Å². The minimum atomic E-state index is -0.547. The van der Waals surface area contributed by atoms with E-state index < -0.39 is 12.1 Å². The summed E-state index contributed by atoms with van der Waals surface area (Å²) in [5, 5.41) is 15.3. The molecule has 214 valence electrons. The number of hydrogen-bond donors (Lipinski definition) is 4. The number of benzene rings is 2. The smallest absolute Gasteiger partial charge is 0.324 e. The molecule has 2 aromatic carbocycles. The number of methoxy groups -OCH3 is 1. The lowest BCUT2D eigenvalue weighted by Crippen LogP contribution is -2.24. The van der Waals surface area contributed by atoms with Gasteiger partial charge in [0.15, 0.2) is 0 Å². The van der Waals surface area contributed by atoms with E-state index in [-0.39, 0.29) is 33.2 Å². The van der Waals surface area contributed by atoms with Crippen molar-refractivity contribution in [3.8, 4) is 23.1 Å². The van der Waals surface area contributed by atoms with Crippen molar-refractivity contribution < 1.29 is 19.1 Å². The normalized spacial score (nSPS) is 10.6. The van der Waals surface area contributed by atoms with Crippen LogP contribution in [0.3, 0.4) is 0 Å². The lowest BCUT2D eigenvalue weighted by atomic mass is 10.2. The Balaban J connectivity index is 1.49. The van der Waals surface area contributed by atoms with Gasteiger partial charge in [0.25, 0.3) is 0 Å². The molecule has 0 saturated carbocycles. The van der Waals surface area contributed by atoms with Crippen molar-refractivity contribution in [3.63, 3.8) is 0 Å². The number of anilines is 3. The van der Waals surface area contributed by atoms with E-state index in [0.29, 0.717) is 11.6 Å². The zero-order valence-electron chi connectivity index (χ0n) is 22.5. The molecule has 2 aromatic heterocycles. The number of unbranched alkanes of at least 4 members (excludes halogenated alkanes) is 1. The molecule has 4 N–H and O–H groups in total. The van der Waals surface area contributed by atoms with Crippen LogP contribution in [-0.4, -0.2) is 46.0 Å². The lowest BCUT2D eigenvalue weighted by Gasteiger charge is -2.14. The molecule has 2 heterocycles. The third-order valence-corrected chi connectivity index (χ3v) is 6.59. The molecule has 0 bridgehead atoms. The van der Waals surface area contributed by atoms with Crippen molar-refractivity contribution in [2.75, 3.05) is 30.1 Å². The Bertz CT molecular complexity index is 1530. The number of nitrogens with zero attached hydrogens (tertiary/aromatic N) is 4. The van der Waals surface area contributed by atoms with E-state index in [1.807, 2.05) is 30.3 Å². The van der Waals surface area contributed by atoms with Gasteiger partial charge in [0.2, 0.25) is 5.88 Å². The molecule has 4 aromatic rings. The maximum absolute atomic E-state index is 13.0. The number of amides is 4. The SMILES string of the molecule is CCCCc1cc(NC(=O)Nc2ccc(Oc3cc(NC(=O)NC)ncn3)c(Cl)c2Cl)n(-c2ccc(OC)cc2)n1. The highest BCUT2D eigenvalue weighted by Crippen LogP contribution is 2.39. The van der Waals surface area contributed by atoms with Gasteiger partial charge in [-0.15, -0.1) is 0 Å². The second-order valence-corrected chi connectivity index (χ2v) is 9.36. The minimum absolute atomic E-state index is 0.0500. The van der Waals surface area contributed by atoms with Gasteiger partial charge >= 0.3 is 12.1 Å². The molecule has 41 heavy (non-hydrogen) atoms. The van der Waals surface area contributed by atoms with Crippen molar-refractivity contribution in [2.24, 2.45) is 0 Å². The van der Waals surface area contributed by atoms with E-state index in [1.54, 1.807) is 17.9 Å². The van der Waals surface area contributed by atoms with Crippen LogP contribution >= 0.6 is 23.2 Å². The van der Waals surface area contributed by atoms with Crippen LogP contribution in [0, 0.1) is 0 Å². The fraction of sp³-hybridized carbons (Fsp3) is 0.222. The van der Waals surface area contributed by atoms with Crippen molar-refractivity contribution >= 4 is 52.6 Å². The van der Waals surface area contributed by atoms with Gasteiger partial charge in [-0.05, 0) is 49.2 Å². The van der Waals surface area contributed by atoms with Gasteiger partial charge in [-0.25, -0.2) is 24.2 Å². The summed E-state index contributed by atoms with van der Waals surface area (Å²) in [6, 6.07) is 12.7. The lowest BCUT2D eigenvalue weighted by molar-refractivity contribution is 0.254. The van der Waals surface area contributed by atoms with Crippen LogP contribution in [0.2, 0.25) is 10.0 Å². The van der Waals surface area contributed by atoms with Crippen molar-refractivity contribution in [3.05, 3.63) is 70.6 Å². The molecule has 0 aliphatic heterocycles. The summed E-state index contributed by atoms with van der Waals surface area (Å²) in [6.45, 7) is 2.10. The van der Waals surface area contributed by atoms with Gasteiger partial charge in [-0.1, -0.05) is 36.5 Å². The molecular weight excluding hydrogens is 571 g/mol. The van der Waals surface area contributed by atoms with Gasteiger partial charge in [0.05, 0.1) is 29.2 Å². The Hall–Kier alpha value is -4.55. The topological polar surface area (TPSA) is 144 Å². The van der Waals surface area contributed by atoms with E-state index >= 15 is 0 Å². The van der Waals surface area contributed by atoms with Crippen LogP contribution in [0.25, 0.3) is 5.69 Å². The molecular formula is C27H28Cl2N8O4. The fourth-order valence-corrected chi connectivity index (χ4v) is 4.06. The predicted octanol–water partition coefficient (Wildman–Crippen LogP) is 6.51. The fourth-order valence-electron chi connectivity index (χ4n) is 3.65. The molecule has 14 heteroatoms. The number of nitrogens with one attached hydrogen (secondary N) is 4. The van der Waals surface area contributed by atoms with Gasteiger partial charge in [-0.3, -0.25) is 10.6 Å². The summed E-state index contributed by atoms with van der Waals surface area (Å²) >= 11 is 12.9. The number of ether oxygens (including phenoxy) is 2. The van der Waals surface area contributed by atoms with Crippen LogP contribution in [0.4, 0.5) is 26.9 Å². The zero-order valence-corrected chi connectivity index (χ0v) is 24.0. The van der Waals surface area contributed by atoms with Gasteiger partial charge in [0.1, 0.15) is 34.5 Å². The maximum Gasteiger partial charge on any atom is 0.324 e. The van der Waals surface area contributed by atoms with Crippen molar-refractivity contribution in [1.82, 2.24) is 25.1 Å². The molecule has 0 atom stereocenters. The Morgan fingerprint density at radius 2 is 1.73 bits per heavy atom. The van der Waals surface area contributed by atoms with Crippen molar-refractivity contribution in [2.45, 2.75) is 26.2 Å².